The molecule has 0 aromatic heterocycles. The van der Waals surface area contributed by atoms with Crippen LogP contribution < -0.4 is 5.32 Å². The number of likely N-dealkylation sites (tertiary alicyclic amines) is 1. The highest BCUT2D eigenvalue weighted by molar-refractivity contribution is 5.68. The predicted molar refractivity (Wildman–Crippen MR) is 62.7 cm³/mol. The highest BCUT2D eigenvalue weighted by Crippen LogP contribution is 2.15. The molecule has 0 bridgehead atoms. The maximum Gasteiger partial charge on any atom is 0.410 e. The van der Waals surface area contributed by atoms with Crippen molar-refractivity contribution >= 4 is 6.09 Å². The average Bonchev–Trinajstić information content (AvgIpc) is 2.54. The number of rotatable bonds is 3. The minimum Gasteiger partial charge on any atom is -0.444 e. The molecule has 17 heavy (non-hydrogen) atoms. The molecule has 0 aliphatic carbocycles. The van der Waals surface area contributed by atoms with Crippen molar-refractivity contribution in [2.45, 2.75) is 38.5 Å². The quantitative estimate of drug-likeness (QED) is 0.628. The highest BCUT2D eigenvalue weighted by atomic mass is 16.6. The Hall–Kier alpha value is -0.850. The molecule has 1 aliphatic rings. The topological polar surface area (TPSA) is 82.0 Å². The van der Waals surface area contributed by atoms with Gasteiger partial charge >= 0.3 is 6.09 Å². The van der Waals surface area contributed by atoms with Crippen molar-refractivity contribution in [2.75, 3.05) is 26.2 Å². The van der Waals surface area contributed by atoms with Crippen molar-refractivity contribution in [2.24, 2.45) is 0 Å². The SMILES string of the molecule is CC(C)(C)OC(=O)N1C[C@@H](O)[C@H](NCCO)C1. The zero-order valence-electron chi connectivity index (χ0n) is 10.6. The van der Waals surface area contributed by atoms with Crippen LogP contribution in [0.15, 0.2) is 0 Å². The van der Waals surface area contributed by atoms with Crippen LogP contribution in [-0.2, 0) is 4.74 Å². The number of nitrogens with one attached hydrogen (secondary N) is 1. The normalized spacial score (nSPS) is 25.1. The Morgan fingerprint density at radius 1 is 1.47 bits per heavy atom. The Kier molecular flexibility index (Phi) is 4.73. The number of ether oxygens (including phenoxy) is 1. The third-order valence-electron chi connectivity index (χ3n) is 2.46. The zero-order chi connectivity index (χ0) is 13.1. The summed E-state index contributed by atoms with van der Waals surface area (Å²) in [6, 6.07) is -0.199. The molecule has 1 heterocycles. The first kappa shape index (κ1) is 14.2. The summed E-state index contributed by atoms with van der Waals surface area (Å²) in [5.74, 6) is 0. The van der Waals surface area contributed by atoms with E-state index in [1.54, 1.807) is 20.8 Å². The summed E-state index contributed by atoms with van der Waals surface area (Å²) in [7, 11) is 0. The number of hydrogen-bond donors (Lipinski definition) is 3. The second-order valence-corrected chi connectivity index (χ2v) is 5.24. The van der Waals surface area contributed by atoms with Crippen molar-refractivity contribution in [3.63, 3.8) is 0 Å². The second-order valence-electron chi connectivity index (χ2n) is 5.24. The fraction of sp³-hybridized carbons (Fsp3) is 0.909. The van der Waals surface area contributed by atoms with E-state index >= 15 is 0 Å². The molecule has 0 unspecified atom stereocenters. The van der Waals surface area contributed by atoms with Gasteiger partial charge in [0.1, 0.15) is 5.60 Å². The van der Waals surface area contributed by atoms with E-state index in [4.69, 9.17) is 9.84 Å². The summed E-state index contributed by atoms with van der Waals surface area (Å²) in [5.41, 5.74) is -0.529. The summed E-state index contributed by atoms with van der Waals surface area (Å²) in [5, 5.41) is 21.4. The number of hydrogen-bond acceptors (Lipinski definition) is 5. The van der Waals surface area contributed by atoms with Gasteiger partial charge in [0.05, 0.1) is 25.3 Å². The number of aliphatic hydroxyl groups excluding tert-OH is 2. The van der Waals surface area contributed by atoms with E-state index in [-0.39, 0.29) is 19.2 Å². The molecule has 0 aromatic rings. The van der Waals surface area contributed by atoms with E-state index in [1.807, 2.05) is 0 Å². The van der Waals surface area contributed by atoms with Crippen LogP contribution >= 0.6 is 0 Å². The average molecular weight is 246 g/mol. The smallest absolute Gasteiger partial charge is 0.410 e. The fourth-order valence-corrected chi connectivity index (χ4v) is 1.71. The molecule has 1 saturated heterocycles. The van der Waals surface area contributed by atoms with Crippen molar-refractivity contribution in [3.05, 3.63) is 0 Å². The van der Waals surface area contributed by atoms with E-state index in [9.17, 15) is 9.90 Å². The molecule has 6 nitrogen and oxygen atoms in total. The summed E-state index contributed by atoms with van der Waals surface area (Å²) >= 11 is 0. The predicted octanol–water partition coefficient (Wildman–Crippen LogP) is -0.451. The van der Waals surface area contributed by atoms with Gasteiger partial charge in [-0.15, -0.1) is 0 Å². The molecule has 1 aliphatic heterocycles. The lowest BCUT2D eigenvalue weighted by Crippen LogP contribution is -2.41. The Bertz CT molecular complexity index is 265. The van der Waals surface area contributed by atoms with Crippen LogP contribution in [0.25, 0.3) is 0 Å². The number of β-amino-alcohol motifs (C(OH)–C–C–N with tert-alkyl or cyclic N) is 1. The van der Waals surface area contributed by atoms with Gasteiger partial charge in [-0.1, -0.05) is 0 Å². The fourth-order valence-electron chi connectivity index (χ4n) is 1.71. The van der Waals surface area contributed by atoms with Gasteiger partial charge in [-0.05, 0) is 20.8 Å². The summed E-state index contributed by atoms with van der Waals surface area (Å²) in [6.45, 7) is 6.49. The molecule has 1 amide bonds. The largest absolute Gasteiger partial charge is 0.444 e. The van der Waals surface area contributed by atoms with Crippen LogP contribution in [0.2, 0.25) is 0 Å². The van der Waals surface area contributed by atoms with Crippen molar-refractivity contribution in [1.82, 2.24) is 10.2 Å². The zero-order valence-corrected chi connectivity index (χ0v) is 10.6. The third kappa shape index (κ3) is 4.49. The van der Waals surface area contributed by atoms with E-state index in [2.05, 4.69) is 5.32 Å². The Morgan fingerprint density at radius 3 is 2.65 bits per heavy atom. The molecular formula is C11H22N2O4. The van der Waals surface area contributed by atoms with Crippen molar-refractivity contribution < 1.29 is 19.7 Å². The minimum absolute atomic E-state index is 0.00958. The van der Waals surface area contributed by atoms with E-state index in [1.165, 1.54) is 4.90 Å². The van der Waals surface area contributed by atoms with Gasteiger partial charge in [0, 0.05) is 13.1 Å². The molecule has 2 atom stereocenters. The Morgan fingerprint density at radius 2 is 2.12 bits per heavy atom. The first-order chi connectivity index (χ1) is 7.83. The first-order valence-electron chi connectivity index (χ1n) is 5.83. The van der Waals surface area contributed by atoms with Gasteiger partial charge in [-0.2, -0.15) is 0 Å². The van der Waals surface area contributed by atoms with Gasteiger partial charge in [0.2, 0.25) is 0 Å². The van der Waals surface area contributed by atoms with Crippen LogP contribution in [-0.4, -0.2) is 65.2 Å². The standard InChI is InChI=1S/C11H22N2O4/c1-11(2,3)17-10(16)13-6-8(9(15)7-13)12-4-5-14/h8-9,12,14-15H,4-7H2,1-3H3/t8-,9-/m1/s1. The summed E-state index contributed by atoms with van der Waals surface area (Å²) in [4.78, 5) is 13.2. The molecule has 0 radical (unpaired) electrons. The van der Waals surface area contributed by atoms with Gasteiger partial charge in [-0.25, -0.2) is 4.79 Å². The Labute approximate surface area is 102 Å². The number of amides is 1. The third-order valence-corrected chi connectivity index (χ3v) is 2.46. The van der Waals surface area contributed by atoms with Crippen molar-refractivity contribution in [3.8, 4) is 0 Å². The molecule has 100 valence electrons. The Balaban J connectivity index is 2.45. The number of aliphatic hydroxyl groups is 2. The van der Waals surface area contributed by atoms with Crippen LogP contribution in [0, 0.1) is 0 Å². The van der Waals surface area contributed by atoms with Crippen molar-refractivity contribution in [1.29, 1.82) is 0 Å². The number of nitrogens with zero attached hydrogens (tertiary/aromatic N) is 1. The lowest BCUT2D eigenvalue weighted by Gasteiger charge is -2.24. The number of carbonyl (C=O) groups is 1. The summed E-state index contributed by atoms with van der Waals surface area (Å²) < 4.78 is 5.22. The molecular weight excluding hydrogens is 224 g/mol. The molecule has 0 aromatic carbocycles. The molecule has 0 spiro atoms. The van der Waals surface area contributed by atoms with Crippen LogP contribution in [0.1, 0.15) is 20.8 Å². The monoisotopic (exact) mass is 246 g/mol. The lowest BCUT2D eigenvalue weighted by molar-refractivity contribution is 0.0270. The molecule has 1 fully saturated rings. The highest BCUT2D eigenvalue weighted by Gasteiger charge is 2.35. The maximum absolute atomic E-state index is 11.7. The first-order valence-corrected chi connectivity index (χ1v) is 5.83. The molecule has 0 saturated carbocycles. The second kappa shape index (κ2) is 5.66. The lowest BCUT2D eigenvalue weighted by atomic mass is 10.2. The van der Waals surface area contributed by atoms with E-state index < -0.39 is 17.8 Å². The van der Waals surface area contributed by atoms with Crippen LogP contribution in [0.4, 0.5) is 4.79 Å². The van der Waals surface area contributed by atoms with Gasteiger partial charge < -0.3 is 25.2 Å². The molecule has 3 N–H and O–H groups in total. The molecule has 1 rings (SSSR count). The van der Waals surface area contributed by atoms with Gasteiger partial charge in [0.15, 0.2) is 0 Å². The van der Waals surface area contributed by atoms with E-state index in [0.717, 1.165) is 0 Å². The van der Waals surface area contributed by atoms with Crippen LogP contribution in [0.5, 0.6) is 0 Å². The summed E-state index contributed by atoms with van der Waals surface area (Å²) in [6.07, 6.45) is -1.03. The van der Waals surface area contributed by atoms with Gasteiger partial charge in [0.25, 0.3) is 0 Å². The number of carbonyl (C=O) groups excluding carboxylic acids is 1. The van der Waals surface area contributed by atoms with E-state index in [0.29, 0.717) is 13.1 Å². The van der Waals surface area contributed by atoms with Gasteiger partial charge in [-0.3, -0.25) is 0 Å². The maximum atomic E-state index is 11.7. The molecule has 6 heteroatoms. The minimum atomic E-state index is -0.617. The van der Waals surface area contributed by atoms with Crippen LogP contribution in [0.3, 0.4) is 0 Å².